The highest BCUT2D eigenvalue weighted by molar-refractivity contribution is 6.04. The van der Waals surface area contributed by atoms with Crippen LogP contribution in [0.2, 0.25) is 0 Å². The molecule has 2 amide bonds. The van der Waals surface area contributed by atoms with Crippen molar-refractivity contribution in [3.63, 3.8) is 0 Å². The average Bonchev–Trinajstić information content (AvgIpc) is 3.63. The topological polar surface area (TPSA) is 137 Å². The van der Waals surface area contributed by atoms with Gasteiger partial charge in [0.15, 0.2) is 17.1 Å². The van der Waals surface area contributed by atoms with E-state index in [1.165, 1.54) is 48.4 Å². The summed E-state index contributed by atoms with van der Waals surface area (Å²) < 4.78 is 63.0. The molecule has 40 heavy (non-hydrogen) atoms. The number of nitrogens with zero attached hydrogens (tertiary/aromatic N) is 6. The number of aromatic nitrogens is 5. The predicted molar refractivity (Wildman–Crippen MR) is 134 cm³/mol. The van der Waals surface area contributed by atoms with Crippen molar-refractivity contribution in [1.82, 2.24) is 29.4 Å². The van der Waals surface area contributed by atoms with Crippen LogP contribution in [0.15, 0.2) is 59.4 Å². The summed E-state index contributed by atoms with van der Waals surface area (Å²) in [6, 6.07) is 8.59. The van der Waals surface area contributed by atoms with E-state index < -0.39 is 29.3 Å². The van der Waals surface area contributed by atoms with E-state index in [1.807, 2.05) is 0 Å². The molecule has 0 fully saturated rings. The fourth-order valence-electron chi connectivity index (χ4n) is 3.91. The number of rotatable bonds is 6. The van der Waals surface area contributed by atoms with E-state index in [0.29, 0.717) is 23.0 Å². The zero-order chi connectivity index (χ0) is 28.8. The predicted octanol–water partition coefficient (Wildman–Crippen LogP) is 4.17. The lowest BCUT2D eigenvalue weighted by Crippen LogP contribution is -2.24. The van der Waals surface area contributed by atoms with Crippen molar-refractivity contribution in [2.75, 3.05) is 18.1 Å². The largest absolute Gasteiger partial charge is 0.435 e. The third kappa shape index (κ3) is 4.95. The molecule has 15 heteroatoms. The number of halogens is 4. The molecule has 0 saturated heterocycles. The van der Waals surface area contributed by atoms with E-state index in [2.05, 4.69) is 20.6 Å². The Morgan fingerprint density at radius 3 is 2.58 bits per heavy atom. The number of alkyl halides is 3. The van der Waals surface area contributed by atoms with E-state index >= 15 is 4.39 Å². The summed E-state index contributed by atoms with van der Waals surface area (Å²) in [5.74, 6) is -1.62. The molecule has 0 aliphatic heterocycles. The van der Waals surface area contributed by atoms with Crippen LogP contribution in [-0.4, -0.2) is 48.3 Å². The van der Waals surface area contributed by atoms with Crippen LogP contribution in [0, 0.1) is 5.82 Å². The number of nitrogen functional groups attached to an aromatic ring is 1. The minimum atomic E-state index is -4.85. The first kappa shape index (κ1) is 26.4. The molecule has 0 aliphatic rings. The Morgan fingerprint density at radius 1 is 1.12 bits per heavy atom. The van der Waals surface area contributed by atoms with Gasteiger partial charge in [-0.25, -0.2) is 14.1 Å². The molecule has 3 N–H and O–H groups in total. The molecule has 0 saturated carbocycles. The maximum absolute atomic E-state index is 15.1. The normalized spacial score (nSPS) is 11.7. The lowest BCUT2D eigenvalue weighted by Gasteiger charge is -2.16. The van der Waals surface area contributed by atoms with Crippen molar-refractivity contribution in [3.8, 4) is 11.4 Å². The van der Waals surface area contributed by atoms with Crippen molar-refractivity contribution < 1.29 is 31.7 Å². The molecule has 0 unspecified atom stereocenters. The number of carbonyl (C=O) groups excluding carboxylic acids is 2. The smallest absolute Gasteiger partial charge is 0.380 e. The highest BCUT2D eigenvalue weighted by Crippen LogP contribution is 2.31. The lowest BCUT2D eigenvalue weighted by molar-refractivity contribution is -0.141. The van der Waals surface area contributed by atoms with E-state index in [4.69, 9.17) is 10.3 Å². The fraction of sp³-hybridized carbons (Fsp3) is 0.160. The van der Waals surface area contributed by atoms with Gasteiger partial charge in [-0.05, 0) is 30.3 Å². The highest BCUT2D eigenvalue weighted by atomic mass is 19.4. The van der Waals surface area contributed by atoms with Gasteiger partial charge in [-0.2, -0.15) is 18.3 Å². The Labute approximate surface area is 222 Å². The first-order valence-electron chi connectivity index (χ1n) is 11.6. The van der Waals surface area contributed by atoms with Gasteiger partial charge in [0.2, 0.25) is 5.91 Å². The fourth-order valence-corrected chi connectivity index (χ4v) is 3.91. The van der Waals surface area contributed by atoms with Crippen LogP contribution < -0.4 is 11.1 Å². The second-order valence-corrected chi connectivity index (χ2v) is 8.78. The maximum atomic E-state index is 15.1. The van der Waals surface area contributed by atoms with Crippen molar-refractivity contribution in [1.29, 1.82) is 0 Å². The summed E-state index contributed by atoms with van der Waals surface area (Å²) >= 11 is 0. The summed E-state index contributed by atoms with van der Waals surface area (Å²) in [5, 5.41) is 9.77. The van der Waals surface area contributed by atoms with Crippen LogP contribution in [0.5, 0.6) is 0 Å². The molecular formula is C25H20F4N8O3. The second kappa shape index (κ2) is 9.83. The number of hydrogen-bond donors (Lipinski definition) is 2. The minimum absolute atomic E-state index is 0.00204. The average molecular weight is 556 g/mol. The van der Waals surface area contributed by atoms with E-state index in [-0.39, 0.29) is 35.2 Å². The number of hydrogen-bond acceptors (Lipinski definition) is 7. The van der Waals surface area contributed by atoms with E-state index in [1.54, 1.807) is 17.8 Å². The van der Waals surface area contributed by atoms with Crippen LogP contribution in [0.4, 0.5) is 29.1 Å². The van der Waals surface area contributed by atoms with Gasteiger partial charge in [0, 0.05) is 44.2 Å². The molecule has 5 rings (SSSR count). The van der Waals surface area contributed by atoms with Gasteiger partial charge in [-0.15, -0.1) is 0 Å². The van der Waals surface area contributed by atoms with Crippen molar-refractivity contribution in [3.05, 3.63) is 77.9 Å². The molecular weight excluding hydrogens is 536 g/mol. The van der Waals surface area contributed by atoms with Gasteiger partial charge in [-0.3, -0.25) is 9.59 Å². The number of anilines is 2. The van der Waals surface area contributed by atoms with Crippen molar-refractivity contribution >= 4 is 34.3 Å². The summed E-state index contributed by atoms with van der Waals surface area (Å²) in [7, 11) is 1.59. The Bertz CT molecular complexity index is 1750. The van der Waals surface area contributed by atoms with Gasteiger partial charge in [0.25, 0.3) is 5.91 Å². The van der Waals surface area contributed by atoms with Gasteiger partial charge in [0.05, 0.1) is 23.3 Å². The van der Waals surface area contributed by atoms with Gasteiger partial charge < -0.3 is 25.0 Å². The van der Waals surface area contributed by atoms with Gasteiger partial charge in [0.1, 0.15) is 17.3 Å². The summed E-state index contributed by atoms with van der Waals surface area (Å²) in [5.41, 5.74) is 4.34. The minimum Gasteiger partial charge on any atom is -0.380 e. The SMILES string of the molecule is CC(=O)N(C)Cc1nccn1-c1ccc(NC(=O)c2cc(C(F)(F)F)nn2-c2ccc3onc(N)c3c2)c(F)c1. The van der Waals surface area contributed by atoms with Gasteiger partial charge in [-0.1, -0.05) is 5.16 Å². The summed E-state index contributed by atoms with van der Waals surface area (Å²) in [4.78, 5) is 30.3. The second-order valence-electron chi connectivity index (χ2n) is 8.78. The molecule has 0 spiro atoms. The lowest BCUT2D eigenvalue weighted by atomic mass is 10.2. The Kier molecular flexibility index (Phi) is 6.49. The molecule has 5 aromatic rings. The molecule has 0 radical (unpaired) electrons. The number of benzene rings is 2. The molecule has 0 atom stereocenters. The first-order valence-corrected chi connectivity index (χ1v) is 11.6. The number of imidazole rings is 1. The standard InChI is InChI=1S/C25H20F4N8O3/c1-13(38)35(2)12-22-31-7-8-36(22)14-3-5-18(17(26)10-14)32-24(39)19-11-21(25(27,28)29)33-37(19)15-4-6-20-16(9-15)23(30)34-40-20/h3-11H,12H2,1-2H3,(H2,30,34)(H,32,39). The zero-order valence-corrected chi connectivity index (χ0v) is 20.9. The molecule has 206 valence electrons. The molecule has 0 aliphatic carbocycles. The van der Waals surface area contributed by atoms with E-state index in [9.17, 15) is 22.8 Å². The monoisotopic (exact) mass is 556 g/mol. The number of fused-ring (bicyclic) bond motifs is 1. The van der Waals surface area contributed by atoms with Crippen LogP contribution in [0.25, 0.3) is 22.3 Å². The summed E-state index contributed by atoms with van der Waals surface area (Å²) in [6.45, 7) is 1.57. The highest BCUT2D eigenvalue weighted by Gasteiger charge is 2.36. The molecule has 0 bridgehead atoms. The Hall–Kier alpha value is -5.21. The quantitative estimate of drug-likeness (QED) is 0.300. The van der Waals surface area contributed by atoms with Crippen LogP contribution >= 0.6 is 0 Å². The molecule has 3 heterocycles. The van der Waals surface area contributed by atoms with Crippen LogP contribution in [-0.2, 0) is 17.5 Å². The molecule has 3 aromatic heterocycles. The third-order valence-corrected chi connectivity index (χ3v) is 6.07. The van der Waals surface area contributed by atoms with Crippen molar-refractivity contribution in [2.45, 2.75) is 19.6 Å². The first-order chi connectivity index (χ1) is 18.9. The van der Waals surface area contributed by atoms with Crippen LogP contribution in [0.3, 0.4) is 0 Å². The van der Waals surface area contributed by atoms with Crippen molar-refractivity contribution in [2.24, 2.45) is 0 Å². The molecule has 2 aromatic carbocycles. The Balaban J connectivity index is 1.46. The third-order valence-electron chi connectivity index (χ3n) is 6.07. The number of carbonyl (C=O) groups is 2. The molecule has 11 nitrogen and oxygen atoms in total. The Morgan fingerprint density at radius 2 is 1.88 bits per heavy atom. The van der Waals surface area contributed by atoms with E-state index in [0.717, 1.165) is 10.7 Å². The number of amides is 2. The maximum Gasteiger partial charge on any atom is 0.435 e. The number of nitrogens with one attached hydrogen (secondary N) is 1. The van der Waals surface area contributed by atoms with Gasteiger partial charge >= 0.3 is 6.18 Å². The van der Waals surface area contributed by atoms with Crippen LogP contribution in [0.1, 0.15) is 28.9 Å². The summed E-state index contributed by atoms with van der Waals surface area (Å²) in [6.07, 6.45) is -1.79. The zero-order valence-electron chi connectivity index (χ0n) is 20.9. The number of nitrogens with two attached hydrogens (primary N) is 1.